The fraction of sp³-hybridized carbons (Fsp3) is 0.238. The van der Waals surface area contributed by atoms with Crippen molar-refractivity contribution in [3.05, 3.63) is 76.1 Å². The Hall–Kier alpha value is -3.00. The first-order valence-corrected chi connectivity index (χ1v) is 9.39. The standard InChI is InChI=1S/C21H19ClF3N3O2/c1-13-19(14(2)28(27-13)11-15-5-3-7-17(22)9-15)26-20(29)16-6-4-8-18(10-16)30-12-21(23,24)25/h3-10H,11-12H2,1-2H3,(H,26,29). The van der Waals surface area contributed by atoms with Crippen molar-refractivity contribution < 1.29 is 22.7 Å². The van der Waals surface area contributed by atoms with Gasteiger partial charge in [0.15, 0.2) is 6.61 Å². The highest BCUT2D eigenvalue weighted by Gasteiger charge is 2.28. The maximum absolute atomic E-state index is 12.6. The summed E-state index contributed by atoms with van der Waals surface area (Å²) < 4.78 is 43.5. The molecule has 0 saturated heterocycles. The third-order valence-corrected chi connectivity index (χ3v) is 4.58. The van der Waals surface area contributed by atoms with Gasteiger partial charge in [-0.15, -0.1) is 0 Å². The monoisotopic (exact) mass is 437 g/mol. The molecule has 9 heteroatoms. The molecular formula is C21H19ClF3N3O2. The molecule has 1 amide bonds. The zero-order valence-electron chi connectivity index (χ0n) is 16.3. The third-order valence-electron chi connectivity index (χ3n) is 4.34. The van der Waals surface area contributed by atoms with Crippen LogP contribution in [0.3, 0.4) is 0 Å². The number of amides is 1. The number of hydrogen-bond acceptors (Lipinski definition) is 3. The van der Waals surface area contributed by atoms with Gasteiger partial charge in [-0.1, -0.05) is 29.8 Å². The van der Waals surface area contributed by atoms with Crippen molar-refractivity contribution in [2.45, 2.75) is 26.6 Å². The van der Waals surface area contributed by atoms with Crippen LogP contribution in [-0.2, 0) is 6.54 Å². The molecule has 0 atom stereocenters. The summed E-state index contributed by atoms with van der Waals surface area (Å²) in [6.45, 7) is 2.64. The van der Waals surface area contributed by atoms with Gasteiger partial charge in [0, 0.05) is 10.6 Å². The van der Waals surface area contributed by atoms with E-state index in [1.54, 1.807) is 17.7 Å². The number of rotatable bonds is 6. The molecule has 0 bridgehead atoms. The Morgan fingerprint density at radius 3 is 2.60 bits per heavy atom. The number of hydrogen-bond donors (Lipinski definition) is 1. The summed E-state index contributed by atoms with van der Waals surface area (Å²) >= 11 is 6.02. The van der Waals surface area contributed by atoms with Crippen molar-refractivity contribution in [3.63, 3.8) is 0 Å². The summed E-state index contributed by atoms with van der Waals surface area (Å²) in [5, 5.41) is 7.87. The number of nitrogens with one attached hydrogen (secondary N) is 1. The number of halogens is 4. The molecule has 0 spiro atoms. The van der Waals surface area contributed by atoms with E-state index in [0.717, 1.165) is 11.3 Å². The van der Waals surface area contributed by atoms with Crippen LogP contribution in [0.15, 0.2) is 48.5 Å². The quantitative estimate of drug-likeness (QED) is 0.562. The SMILES string of the molecule is Cc1nn(Cc2cccc(Cl)c2)c(C)c1NC(=O)c1cccc(OCC(F)(F)F)c1. The van der Waals surface area contributed by atoms with E-state index < -0.39 is 18.7 Å². The van der Waals surface area contributed by atoms with E-state index in [1.807, 2.05) is 25.1 Å². The smallest absolute Gasteiger partial charge is 0.422 e. The van der Waals surface area contributed by atoms with Crippen LogP contribution in [0, 0.1) is 13.8 Å². The molecule has 158 valence electrons. The van der Waals surface area contributed by atoms with Crippen molar-refractivity contribution >= 4 is 23.2 Å². The zero-order chi connectivity index (χ0) is 21.9. The second kappa shape index (κ2) is 8.79. The molecule has 30 heavy (non-hydrogen) atoms. The molecular weight excluding hydrogens is 419 g/mol. The summed E-state index contributed by atoms with van der Waals surface area (Å²) in [4.78, 5) is 12.6. The fourth-order valence-corrected chi connectivity index (χ4v) is 3.13. The molecule has 0 unspecified atom stereocenters. The lowest BCUT2D eigenvalue weighted by atomic mass is 10.2. The van der Waals surface area contributed by atoms with Crippen molar-refractivity contribution in [2.24, 2.45) is 0 Å². The van der Waals surface area contributed by atoms with Gasteiger partial charge in [-0.3, -0.25) is 9.48 Å². The van der Waals surface area contributed by atoms with Crippen LogP contribution in [0.5, 0.6) is 5.75 Å². The summed E-state index contributed by atoms with van der Waals surface area (Å²) in [6, 6.07) is 13.0. The molecule has 5 nitrogen and oxygen atoms in total. The molecule has 0 aliphatic heterocycles. The molecule has 3 rings (SSSR count). The minimum absolute atomic E-state index is 0.0370. The van der Waals surface area contributed by atoms with Gasteiger partial charge in [0.2, 0.25) is 0 Å². The van der Waals surface area contributed by atoms with Crippen LogP contribution >= 0.6 is 11.6 Å². The molecule has 0 aliphatic rings. The molecule has 3 aromatic rings. The van der Waals surface area contributed by atoms with E-state index >= 15 is 0 Å². The minimum Gasteiger partial charge on any atom is -0.484 e. The van der Waals surface area contributed by atoms with Crippen LogP contribution in [0.25, 0.3) is 0 Å². The number of aromatic nitrogens is 2. The van der Waals surface area contributed by atoms with E-state index in [2.05, 4.69) is 10.4 Å². The maximum atomic E-state index is 12.6. The van der Waals surface area contributed by atoms with Gasteiger partial charge in [-0.2, -0.15) is 18.3 Å². The fourth-order valence-electron chi connectivity index (χ4n) is 2.92. The Kier molecular flexibility index (Phi) is 6.36. The zero-order valence-corrected chi connectivity index (χ0v) is 17.0. The molecule has 2 aromatic carbocycles. The second-order valence-corrected chi connectivity index (χ2v) is 7.16. The predicted octanol–water partition coefficient (Wildman–Crippen LogP) is 5.40. The van der Waals surface area contributed by atoms with E-state index in [1.165, 1.54) is 24.3 Å². The molecule has 0 radical (unpaired) electrons. The average Bonchev–Trinajstić information content (AvgIpc) is 2.93. The highest BCUT2D eigenvalue weighted by Crippen LogP contribution is 2.24. The van der Waals surface area contributed by atoms with Gasteiger partial charge in [0.25, 0.3) is 5.91 Å². The minimum atomic E-state index is -4.45. The summed E-state index contributed by atoms with van der Waals surface area (Å²) in [5.41, 5.74) is 3.04. The van der Waals surface area contributed by atoms with Gasteiger partial charge in [0.05, 0.1) is 23.6 Å². The van der Waals surface area contributed by atoms with Crippen molar-refractivity contribution in [1.29, 1.82) is 0 Å². The Balaban J connectivity index is 1.75. The number of carbonyl (C=O) groups excluding carboxylic acids is 1. The summed E-state index contributed by atoms with van der Waals surface area (Å²) in [7, 11) is 0. The van der Waals surface area contributed by atoms with Gasteiger partial charge < -0.3 is 10.1 Å². The predicted molar refractivity (Wildman–Crippen MR) is 108 cm³/mol. The van der Waals surface area contributed by atoms with Crippen LogP contribution in [0.1, 0.15) is 27.3 Å². The van der Waals surface area contributed by atoms with E-state index in [0.29, 0.717) is 22.9 Å². The number of alkyl halides is 3. The number of carbonyl (C=O) groups is 1. The molecule has 1 heterocycles. The van der Waals surface area contributed by atoms with Crippen molar-refractivity contribution in [3.8, 4) is 5.75 Å². The number of nitrogens with zero attached hydrogens (tertiary/aromatic N) is 2. The van der Waals surface area contributed by atoms with Crippen LogP contribution < -0.4 is 10.1 Å². The van der Waals surface area contributed by atoms with E-state index in [-0.39, 0.29) is 11.3 Å². The Morgan fingerprint density at radius 1 is 1.17 bits per heavy atom. The first kappa shape index (κ1) is 21.7. The molecule has 0 aliphatic carbocycles. The maximum Gasteiger partial charge on any atom is 0.422 e. The number of anilines is 1. The normalized spacial score (nSPS) is 11.4. The van der Waals surface area contributed by atoms with Gasteiger partial charge in [-0.25, -0.2) is 0 Å². The first-order valence-electron chi connectivity index (χ1n) is 9.02. The van der Waals surface area contributed by atoms with Gasteiger partial charge >= 0.3 is 6.18 Å². The van der Waals surface area contributed by atoms with Crippen molar-refractivity contribution in [2.75, 3.05) is 11.9 Å². The van der Waals surface area contributed by atoms with Crippen molar-refractivity contribution in [1.82, 2.24) is 9.78 Å². The largest absolute Gasteiger partial charge is 0.484 e. The Bertz CT molecular complexity index is 1060. The van der Waals surface area contributed by atoms with Crippen LogP contribution in [-0.4, -0.2) is 28.5 Å². The van der Waals surface area contributed by atoms with Gasteiger partial charge in [0.1, 0.15) is 5.75 Å². The Morgan fingerprint density at radius 2 is 1.90 bits per heavy atom. The topological polar surface area (TPSA) is 56.2 Å². The molecule has 1 N–H and O–H groups in total. The highest BCUT2D eigenvalue weighted by atomic mass is 35.5. The lowest BCUT2D eigenvalue weighted by molar-refractivity contribution is -0.153. The number of benzene rings is 2. The third kappa shape index (κ3) is 5.54. The first-order chi connectivity index (χ1) is 14.1. The molecule has 1 aromatic heterocycles. The average molecular weight is 438 g/mol. The highest BCUT2D eigenvalue weighted by molar-refractivity contribution is 6.30. The second-order valence-electron chi connectivity index (χ2n) is 6.72. The number of aryl methyl sites for hydroxylation is 1. The summed E-state index contributed by atoms with van der Waals surface area (Å²) in [6.07, 6.45) is -4.45. The molecule has 0 fully saturated rings. The lowest BCUT2D eigenvalue weighted by Gasteiger charge is -2.11. The molecule has 0 saturated carbocycles. The van der Waals surface area contributed by atoms with E-state index in [4.69, 9.17) is 16.3 Å². The van der Waals surface area contributed by atoms with E-state index in [9.17, 15) is 18.0 Å². The van der Waals surface area contributed by atoms with Gasteiger partial charge in [-0.05, 0) is 49.7 Å². The van der Waals surface area contributed by atoms with Crippen LogP contribution in [0.4, 0.5) is 18.9 Å². The number of ether oxygens (including phenoxy) is 1. The summed E-state index contributed by atoms with van der Waals surface area (Å²) in [5.74, 6) is -0.508. The Labute approximate surface area is 176 Å². The van der Waals surface area contributed by atoms with Crippen LogP contribution in [0.2, 0.25) is 5.02 Å². The lowest BCUT2D eigenvalue weighted by Crippen LogP contribution is -2.19.